The van der Waals surface area contributed by atoms with Crippen molar-refractivity contribution >= 4 is 89.0 Å². The summed E-state index contributed by atoms with van der Waals surface area (Å²) in [7, 11) is -5.19. The van der Waals surface area contributed by atoms with Gasteiger partial charge in [0, 0.05) is 71.0 Å². The molecule has 0 aliphatic rings. The van der Waals surface area contributed by atoms with Gasteiger partial charge in [0.1, 0.15) is 0 Å². The predicted molar refractivity (Wildman–Crippen MR) is 198 cm³/mol. The Morgan fingerprint density at radius 1 is 0.741 bits per heavy atom. The molecule has 4 N–H and O–H groups in total. The predicted octanol–water partition coefficient (Wildman–Crippen LogP) is 4.81. The second-order valence-electron chi connectivity index (χ2n) is 11.5. The van der Waals surface area contributed by atoms with E-state index in [1.807, 2.05) is 0 Å². The lowest BCUT2D eigenvalue weighted by Gasteiger charge is -2.13. The number of alkyl halides is 2. The molecule has 2 amide bonds. The molecule has 0 spiro atoms. The molecule has 0 heterocycles. The van der Waals surface area contributed by atoms with Crippen LogP contribution < -0.4 is 10.6 Å². The number of ether oxygens (including phenoxy) is 2. The molecule has 0 radical (unpaired) electrons. The Kier molecular flexibility index (Phi) is 19.0. The molecule has 22 heteroatoms. The molecule has 0 fully saturated rings. The summed E-state index contributed by atoms with van der Waals surface area (Å²) in [5.74, 6) is -5.77. The number of halogens is 2. The number of amides is 2. The molecule has 0 bridgehead atoms. The molecule has 0 saturated carbocycles. The molecule has 2 aromatic rings. The monoisotopic (exact) mass is 905 g/mol. The third-order valence-electron chi connectivity index (χ3n) is 7.51. The van der Waals surface area contributed by atoms with E-state index < -0.39 is 67.3 Å². The highest BCUT2D eigenvalue weighted by Gasteiger charge is 2.36. The number of unbranched alkanes of at least 4 members (excludes halogenated alkanes) is 4. The SMILES string of the molecule is N=C(CC(C(=O)OC(=O)CCCCCNC(=O)c1ccc(CBr)c([N+](=O)[O-])c1)S(=O)(=O)O)OC(=O)CCCCCNC(=O)c1ccc(CBr)c([N+](=O)[O-])c1. The highest BCUT2D eigenvalue weighted by atomic mass is 79.9. The fourth-order valence-electron chi connectivity index (χ4n) is 4.66. The summed E-state index contributed by atoms with van der Waals surface area (Å²) in [5.41, 5.74) is 0.602. The van der Waals surface area contributed by atoms with E-state index >= 15 is 0 Å². The lowest BCUT2D eigenvalue weighted by molar-refractivity contribution is -0.385. The van der Waals surface area contributed by atoms with Crippen LogP contribution in [0.25, 0.3) is 0 Å². The maximum Gasteiger partial charge on any atom is 0.335 e. The normalized spacial score (nSPS) is 11.5. The zero-order valence-electron chi connectivity index (χ0n) is 28.5. The molecule has 2 aromatic carbocycles. The number of nitrogens with one attached hydrogen (secondary N) is 3. The number of benzene rings is 2. The van der Waals surface area contributed by atoms with Gasteiger partial charge in [-0.2, -0.15) is 8.42 Å². The molecular weight excluding hydrogens is 870 g/mol. The zero-order chi connectivity index (χ0) is 40.4. The Hall–Kier alpha value is -4.67. The van der Waals surface area contributed by atoms with E-state index in [9.17, 15) is 57.2 Å². The van der Waals surface area contributed by atoms with Crippen LogP contribution in [0.15, 0.2) is 36.4 Å². The number of hydrogen-bond donors (Lipinski definition) is 4. The minimum atomic E-state index is -5.19. The smallest absolute Gasteiger partial charge is 0.335 e. The number of nitro benzene ring substituents is 2. The van der Waals surface area contributed by atoms with Gasteiger partial charge in [0.15, 0.2) is 11.1 Å². The molecule has 0 aliphatic carbocycles. The first kappa shape index (κ1) is 45.5. The second kappa shape index (κ2) is 22.5. The Morgan fingerprint density at radius 3 is 1.56 bits per heavy atom. The molecular formula is C32H37Br2N5O14S. The van der Waals surface area contributed by atoms with Gasteiger partial charge >= 0.3 is 17.9 Å². The van der Waals surface area contributed by atoms with Gasteiger partial charge in [0.05, 0.1) is 16.3 Å². The first-order chi connectivity index (χ1) is 25.5. The Morgan fingerprint density at radius 2 is 1.17 bits per heavy atom. The number of carbonyl (C=O) groups is 5. The number of nitrogens with zero attached hydrogens (tertiary/aromatic N) is 2. The summed E-state index contributed by atoms with van der Waals surface area (Å²) in [6.07, 6.45) is 0.341. The van der Waals surface area contributed by atoms with Gasteiger partial charge < -0.3 is 20.1 Å². The van der Waals surface area contributed by atoms with Crippen molar-refractivity contribution in [1.29, 1.82) is 5.41 Å². The largest absolute Gasteiger partial charge is 0.412 e. The lowest BCUT2D eigenvalue weighted by Crippen LogP contribution is -2.35. The summed E-state index contributed by atoms with van der Waals surface area (Å²) in [6.45, 7) is 0.352. The Balaban J connectivity index is 1.69. The first-order valence-electron chi connectivity index (χ1n) is 16.2. The van der Waals surface area contributed by atoms with Crippen LogP contribution in [0.2, 0.25) is 0 Å². The number of rotatable bonds is 22. The van der Waals surface area contributed by atoms with Gasteiger partial charge in [-0.1, -0.05) is 56.8 Å². The molecule has 0 aromatic heterocycles. The Labute approximate surface area is 325 Å². The maximum absolute atomic E-state index is 12.4. The highest BCUT2D eigenvalue weighted by Crippen LogP contribution is 2.24. The van der Waals surface area contributed by atoms with E-state index in [0.717, 1.165) is 6.07 Å². The van der Waals surface area contributed by atoms with Crippen molar-refractivity contribution in [1.82, 2.24) is 10.6 Å². The van der Waals surface area contributed by atoms with Gasteiger partial charge in [0.25, 0.3) is 33.3 Å². The van der Waals surface area contributed by atoms with Crippen LogP contribution in [0.1, 0.15) is 89.6 Å². The van der Waals surface area contributed by atoms with Crippen molar-refractivity contribution in [3.05, 3.63) is 78.9 Å². The van der Waals surface area contributed by atoms with Gasteiger partial charge in [-0.25, -0.2) is 0 Å². The van der Waals surface area contributed by atoms with Crippen LogP contribution in [0, 0.1) is 25.6 Å². The molecule has 1 unspecified atom stereocenters. The van der Waals surface area contributed by atoms with Gasteiger partial charge in [-0.05, 0) is 37.8 Å². The van der Waals surface area contributed by atoms with Crippen LogP contribution in [0.4, 0.5) is 11.4 Å². The molecule has 54 heavy (non-hydrogen) atoms. The van der Waals surface area contributed by atoms with Crippen LogP contribution in [0.3, 0.4) is 0 Å². The van der Waals surface area contributed by atoms with Gasteiger partial charge in [0.2, 0.25) is 0 Å². The van der Waals surface area contributed by atoms with Crippen molar-refractivity contribution in [3.63, 3.8) is 0 Å². The third kappa shape index (κ3) is 15.4. The number of hydrogen-bond acceptors (Lipinski definition) is 14. The van der Waals surface area contributed by atoms with E-state index in [2.05, 4.69) is 47.2 Å². The van der Waals surface area contributed by atoms with Crippen LogP contribution in [-0.2, 0) is 44.6 Å². The standard InChI is InChI=1S/C32H37Br2N5O14S/c33-18-22-11-9-20(15-24(22)38(45)46)30(42)36-13-5-1-3-7-28(40)52-27(35)17-26(54(49,50)51)32(44)53-29(41)8-4-2-6-14-37-31(43)21-10-12-23(19-34)25(16-21)39(47)48/h9-12,15-16,26,35H,1-8,13-14,17-19H2,(H,36,42)(H,37,43)(H,49,50,51). The van der Waals surface area contributed by atoms with E-state index in [4.69, 9.17) is 10.1 Å². The molecule has 0 saturated heterocycles. The third-order valence-corrected chi connectivity index (χ3v) is 9.79. The summed E-state index contributed by atoms with van der Waals surface area (Å²) in [4.78, 5) is 82.6. The van der Waals surface area contributed by atoms with Gasteiger partial charge in [-0.15, -0.1) is 0 Å². The van der Waals surface area contributed by atoms with Crippen molar-refractivity contribution in [3.8, 4) is 0 Å². The average molecular weight is 908 g/mol. The fraction of sp³-hybridized carbons (Fsp3) is 0.438. The number of carbonyl (C=O) groups excluding carboxylic acids is 5. The minimum Gasteiger partial charge on any atom is -0.412 e. The molecule has 294 valence electrons. The van der Waals surface area contributed by atoms with Crippen molar-refractivity contribution in [2.75, 3.05) is 13.1 Å². The molecule has 19 nitrogen and oxygen atoms in total. The van der Waals surface area contributed by atoms with E-state index in [1.54, 1.807) is 0 Å². The molecule has 2 rings (SSSR count). The van der Waals surface area contributed by atoms with Crippen molar-refractivity contribution in [2.45, 2.75) is 73.7 Å². The fourth-order valence-corrected chi connectivity index (χ4v) is 6.27. The highest BCUT2D eigenvalue weighted by molar-refractivity contribution is 9.08. The van der Waals surface area contributed by atoms with E-state index in [1.165, 1.54) is 30.3 Å². The topological polar surface area (TPSA) is 292 Å². The Bertz CT molecular complexity index is 1860. The lowest BCUT2D eigenvalue weighted by atomic mass is 10.1. The van der Waals surface area contributed by atoms with E-state index in [-0.39, 0.29) is 71.9 Å². The van der Waals surface area contributed by atoms with Crippen LogP contribution in [-0.4, -0.2) is 76.8 Å². The average Bonchev–Trinajstić information content (AvgIpc) is 3.11. The summed E-state index contributed by atoms with van der Waals surface area (Å²) in [5, 5.41) is 33.5. The number of nitro groups is 2. The minimum absolute atomic E-state index is 0.0903. The quantitative estimate of drug-likeness (QED) is 0.0142. The zero-order valence-corrected chi connectivity index (χ0v) is 32.5. The maximum atomic E-state index is 12.4. The molecule has 1 atom stereocenters. The summed E-state index contributed by atoms with van der Waals surface area (Å²) in [6, 6.07) is 8.16. The summed E-state index contributed by atoms with van der Waals surface area (Å²) < 4.78 is 42.4. The first-order valence-corrected chi connectivity index (χ1v) is 19.9. The van der Waals surface area contributed by atoms with E-state index in [0.29, 0.717) is 36.8 Å². The van der Waals surface area contributed by atoms with Gasteiger partial charge in [-0.3, -0.25) is 54.2 Å². The summed E-state index contributed by atoms with van der Waals surface area (Å²) >= 11 is 6.30. The van der Waals surface area contributed by atoms with Crippen molar-refractivity contribution in [2.24, 2.45) is 0 Å². The van der Waals surface area contributed by atoms with Crippen molar-refractivity contribution < 1.29 is 56.3 Å². The second-order valence-corrected chi connectivity index (χ2v) is 14.2. The number of esters is 3. The van der Waals surface area contributed by atoms with Crippen LogP contribution >= 0.6 is 31.9 Å². The van der Waals surface area contributed by atoms with Crippen LogP contribution in [0.5, 0.6) is 0 Å². The molecule has 0 aliphatic heterocycles.